The molecule has 0 fully saturated rings. The number of amides is 1. The number of rotatable bonds is 5. The summed E-state index contributed by atoms with van der Waals surface area (Å²) in [5, 5.41) is 11.6. The van der Waals surface area contributed by atoms with E-state index >= 15 is 0 Å². The number of carbonyl (C=O) groups excluding carboxylic acids is 2. The molecule has 2 N–H and O–H groups in total. The first-order valence-corrected chi connectivity index (χ1v) is 7.21. The highest BCUT2D eigenvalue weighted by molar-refractivity contribution is 6.33. The summed E-state index contributed by atoms with van der Waals surface area (Å²) in [6.07, 6.45) is 1.76. The van der Waals surface area contributed by atoms with E-state index in [0.717, 1.165) is 0 Å². The minimum atomic E-state index is -1.15. The molecule has 1 aromatic heterocycles. The molecule has 0 aliphatic heterocycles. The number of esters is 1. The zero-order valence-corrected chi connectivity index (χ0v) is 13.3. The first-order valence-electron chi connectivity index (χ1n) is 6.83. The van der Waals surface area contributed by atoms with Crippen molar-refractivity contribution in [1.82, 2.24) is 4.98 Å². The molecule has 0 saturated heterocycles. The normalized spacial score (nSPS) is 11.4. The third-order valence-corrected chi connectivity index (χ3v) is 3.37. The number of carboxylic acid groups (broad SMARTS) is 1. The standard InChI is InChI=1S/C16H13ClN2O5/c1-9(24-16(23)10-4-6-18-7-5-10)14(20)19-13-8-11(15(21)22)2-3-12(13)17/h2-9H,1H3,(H,19,20)(H,21,22). The molecular formula is C16H13ClN2O5. The molecule has 1 unspecified atom stereocenters. The van der Waals surface area contributed by atoms with Crippen LogP contribution in [-0.2, 0) is 9.53 Å². The molecule has 1 heterocycles. The quantitative estimate of drug-likeness (QED) is 0.804. The van der Waals surface area contributed by atoms with Crippen molar-refractivity contribution in [1.29, 1.82) is 0 Å². The number of carbonyl (C=O) groups is 3. The van der Waals surface area contributed by atoms with E-state index in [4.69, 9.17) is 21.4 Å². The van der Waals surface area contributed by atoms with Crippen molar-refractivity contribution in [2.75, 3.05) is 5.32 Å². The molecule has 0 aliphatic carbocycles. The molecule has 0 bridgehead atoms. The molecule has 0 saturated carbocycles. The smallest absolute Gasteiger partial charge is 0.339 e. The summed E-state index contributed by atoms with van der Waals surface area (Å²) in [5.41, 5.74) is 0.347. The van der Waals surface area contributed by atoms with Crippen LogP contribution in [0.4, 0.5) is 5.69 Å². The predicted octanol–water partition coefficient (Wildman–Crippen LogP) is 2.62. The van der Waals surface area contributed by atoms with E-state index in [-0.39, 0.29) is 21.8 Å². The largest absolute Gasteiger partial charge is 0.478 e. The van der Waals surface area contributed by atoms with E-state index in [1.165, 1.54) is 49.6 Å². The molecule has 2 aromatic rings. The van der Waals surface area contributed by atoms with Crippen LogP contribution in [0.15, 0.2) is 42.7 Å². The highest BCUT2D eigenvalue weighted by Crippen LogP contribution is 2.23. The lowest BCUT2D eigenvalue weighted by atomic mass is 10.2. The molecule has 2 rings (SSSR count). The van der Waals surface area contributed by atoms with Gasteiger partial charge in [-0.2, -0.15) is 0 Å². The maximum Gasteiger partial charge on any atom is 0.339 e. The van der Waals surface area contributed by atoms with Gasteiger partial charge >= 0.3 is 11.9 Å². The Morgan fingerprint density at radius 1 is 1.17 bits per heavy atom. The molecule has 0 spiro atoms. The van der Waals surface area contributed by atoms with Crippen LogP contribution in [0.5, 0.6) is 0 Å². The lowest BCUT2D eigenvalue weighted by Crippen LogP contribution is -2.30. The number of ether oxygens (including phenoxy) is 1. The van der Waals surface area contributed by atoms with Gasteiger partial charge in [0, 0.05) is 12.4 Å². The number of anilines is 1. The average Bonchev–Trinajstić information content (AvgIpc) is 2.57. The second-order valence-corrected chi connectivity index (χ2v) is 5.18. The van der Waals surface area contributed by atoms with E-state index in [0.29, 0.717) is 0 Å². The van der Waals surface area contributed by atoms with Crippen molar-refractivity contribution in [3.05, 3.63) is 58.9 Å². The van der Waals surface area contributed by atoms with Crippen LogP contribution in [0.25, 0.3) is 0 Å². The summed E-state index contributed by atoms with van der Waals surface area (Å²) in [4.78, 5) is 38.7. The number of halogens is 1. The first kappa shape index (κ1) is 17.4. The maximum atomic E-state index is 12.1. The van der Waals surface area contributed by atoms with Gasteiger partial charge in [-0.1, -0.05) is 11.6 Å². The topological polar surface area (TPSA) is 106 Å². The van der Waals surface area contributed by atoms with Gasteiger partial charge in [0.1, 0.15) is 0 Å². The first-order chi connectivity index (χ1) is 11.4. The Morgan fingerprint density at radius 2 is 1.83 bits per heavy atom. The molecule has 1 aromatic carbocycles. The van der Waals surface area contributed by atoms with Crippen LogP contribution in [-0.4, -0.2) is 34.0 Å². The fourth-order valence-electron chi connectivity index (χ4n) is 1.76. The van der Waals surface area contributed by atoms with E-state index in [1.54, 1.807) is 0 Å². The van der Waals surface area contributed by atoms with E-state index in [1.807, 2.05) is 0 Å². The highest BCUT2D eigenvalue weighted by atomic mass is 35.5. The zero-order valence-electron chi connectivity index (χ0n) is 12.5. The van der Waals surface area contributed by atoms with E-state index in [9.17, 15) is 14.4 Å². The molecule has 24 heavy (non-hydrogen) atoms. The van der Waals surface area contributed by atoms with Crippen LogP contribution >= 0.6 is 11.6 Å². The monoisotopic (exact) mass is 348 g/mol. The lowest BCUT2D eigenvalue weighted by Gasteiger charge is -2.14. The Hall–Kier alpha value is -2.93. The number of nitrogens with one attached hydrogen (secondary N) is 1. The number of aromatic carboxylic acids is 1. The van der Waals surface area contributed by atoms with E-state index < -0.39 is 23.9 Å². The summed E-state index contributed by atoms with van der Waals surface area (Å²) in [6, 6.07) is 6.81. The summed E-state index contributed by atoms with van der Waals surface area (Å²) in [5.74, 6) is -2.47. The van der Waals surface area contributed by atoms with Gasteiger partial charge in [0.05, 0.1) is 21.8 Å². The molecule has 0 aliphatic rings. The van der Waals surface area contributed by atoms with Gasteiger partial charge in [-0.05, 0) is 37.3 Å². The van der Waals surface area contributed by atoms with Gasteiger partial charge in [-0.15, -0.1) is 0 Å². The van der Waals surface area contributed by atoms with Gasteiger partial charge in [-0.25, -0.2) is 9.59 Å². The Labute approximate surface area is 142 Å². The maximum absolute atomic E-state index is 12.1. The Bertz CT molecular complexity index is 779. The number of nitrogens with zero attached hydrogens (tertiary/aromatic N) is 1. The highest BCUT2D eigenvalue weighted by Gasteiger charge is 2.20. The Kier molecular flexibility index (Phi) is 5.49. The van der Waals surface area contributed by atoms with Gasteiger partial charge in [0.2, 0.25) is 0 Å². The number of hydrogen-bond acceptors (Lipinski definition) is 5. The van der Waals surface area contributed by atoms with Crippen molar-refractivity contribution < 1.29 is 24.2 Å². The Balaban J connectivity index is 2.05. The number of benzene rings is 1. The van der Waals surface area contributed by atoms with E-state index in [2.05, 4.69) is 10.3 Å². The lowest BCUT2D eigenvalue weighted by molar-refractivity contribution is -0.123. The molecule has 124 valence electrons. The van der Waals surface area contributed by atoms with Crippen LogP contribution in [0, 0.1) is 0 Å². The van der Waals surface area contributed by atoms with Crippen LogP contribution in [0.1, 0.15) is 27.6 Å². The SMILES string of the molecule is CC(OC(=O)c1ccncc1)C(=O)Nc1cc(C(=O)O)ccc1Cl. The summed E-state index contributed by atoms with van der Waals surface area (Å²) in [7, 11) is 0. The zero-order chi connectivity index (χ0) is 17.7. The van der Waals surface area contributed by atoms with Gasteiger partial charge in [-0.3, -0.25) is 9.78 Å². The van der Waals surface area contributed by atoms with Gasteiger partial charge < -0.3 is 15.2 Å². The summed E-state index contributed by atoms with van der Waals surface area (Å²) >= 11 is 5.93. The van der Waals surface area contributed by atoms with Gasteiger partial charge in [0.25, 0.3) is 5.91 Å². The molecule has 7 nitrogen and oxygen atoms in total. The molecule has 0 radical (unpaired) electrons. The van der Waals surface area contributed by atoms with Crippen LogP contribution in [0.2, 0.25) is 5.02 Å². The van der Waals surface area contributed by atoms with Crippen LogP contribution < -0.4 is 5.32 Å². The fraction of sp³-hybridized carbons (Fsp3) is 0.125. The molecular weight excluding hydrogens is 336 g/mol. The second-order valence-electron chi connectivity index (χ2n) is 4.77. The van der Waals surface area contributed by atoms with Gasteiger partial charge in [0.15, 0.2) is 6.10 Å². The predicted molar refractivity (Wildman–Crippen MR) is 86.2 cm³/mol. The van der Waals surface area contributed by atoms with Crippen molar-refractivity contribution in [3.8, 4) is 0 Å². The third-order valence-electron chi connectivity index (χ3n) is 3.04. The second kappa shape index (κ2) is 7.56. The summed E-state index contributed by atoms with van der Waals surface area (Å²) < 4.78 is 5.05. The number of carboxylic acids is 1. The molecule has 1 amide bonds. The summed E-state index contributed by atoms with van der Waals surface area (Å²) in [6.45, 7) is 1.39. The fourth-order valence-corrected chi connectivity index (χ4v) is 1.92. The molecule has 1 atom stereocenters. The number of pyridine rings is 1. The Morgan fingerprint density at radius 3 is 2.46 bits per heavy atom. The number of hydrogen-bond donors (Lipinski definition) is 2. The average molecular weight is 349 g/mol. The minimum Gasteiger partial charge on any atom is -0.478 e. The van der Waals surface area contributed by atoms with Crippen molar-refractivity contribution in [3.63, 3.8) is 0 Å². The van der Waals surface area contributed by atoms with Crippen molar-refractivity contribution in [2.45, 2.75) is 13.0 Å². The van der Waals surface area contributed by atoms with Crippen molar-refractivity contribution >= 4 is 35.1 Å². The van der Waals surface area contributed by atoms with Crippen LogP contribution in [0.3, 0.4) is 0 Å². The molecule has 8 heteroatoms. The number of aromatic nitrogens is 1. The van der Waals surface area contributed by atoms with Crippen molar-refractivity contribution in [2.24, 2.45) is 0 Å². The third kappa shape index (κ3) is 4.30. The minimum absolute atomic E-state index is 0.0314.